The number of nitrogens with one attached hydrogen (secondary N) is 1. The van der Waals surface area contributed by atoms with Crippen LogP contribution in [-0.4, -0.2) is 15.2 Å². The van der Waals surface area contributed by atoms with E-state index in [1.807, 2.05) is 0 Å². The first-order valence-electron chi connectivity index (χ1n) is 1.86. The van der Waals surface area contributed by atoms with Crippen molar-refractivity contribution in [1.82, 2.24) is 4.98 Å². The number of hydrogen-bond acceptors (Lipinski definition) is 2. The molecule has 7 heavy (non-hydrogen) atoms. The Morgan fingerprint density at radius 2 is 1.57 bits per heavy atom. The number of H-pyrrole nitrogens is 1. The quantitative estimate of drug-likeness (QED) is 0.441. The first-order chi connectivity index (χ1) is 3.29. The van der Waals surface area contributed by atoms with Crippen molar-refractivity contribution in [1.29, 1.82) is 0 Å². The Bertz CT molecular complexity index is 142. The van der Waals surface area contributed by atoms with Crippen LogP contribution in [0.25, 0.3) is 0 Å². The molecule has 0 aromatic carbocycles. The number of aromatic amines is 1. The standard InChI is InChI=1S/C4H5NO2/c6-3-1-2-4(7)5-3/h1-2,5-7H. The number of aromatic hydroxyl groups is 2. The molecule has 1 rings (SSSR count). The van der Waals surface area contributed by atoms with Crippen LogP contribution in [0, 0.1) is 0 Å². The molecular formula is C4H5NO2. The van der Waals surface area contributed by atoms with Crippen molar-refractivity contribution in [2.75, 3.05) is 0 Å². The molecule has 0 aliphatic rings. The molecule has 1 aromatic rings. The summed E-state index contributed by atoms with van der Waals surface area (Å²) in [5.74, 6) is -0.0324. The lowest BCUT2D eigenvalue weighted by Gasteiger charge is -1.76. The van der Waals surface area contributed by atoms with E-state index in [4.69, 9.17) is 10.2 Å². The maximum Gasteiger partial charge on any atom is 0.191 e. The predicted molar refractivity (Wildman–Crippen MR) is 24.1 cm³/mol. The average molecular weight is 99.1 g/mol. The molecule has 0 aliphatic carbocycles. The van der Waals surface area contributed by atoms with Gasteiger partial charge >= 0.3 is 0 Å². The summed E-state index contributed by atoms with van der Waals surface area (Å²) in [5, 5.41) is 16.9. The molecule has 1 heterocycles. The average Bonchev–Trinajstić information content (AvgIpc) is 1.87. The molecule has 0 radical (unpaired) electrons. The van der Waals surface area contributed by atoms with Gasteiger partial charge in [-0.05, 0) is 0 Å². The second-order valence-corrected chi connectivity index (χ2v) is 1.23. The fourth-order valence-corrected chi connectivity index (χ4v) is 0.372. The van der Waals surface area contributed by atoms with E-state index in [0.717, 1.165) is 0 Å². The Labute approximate surface area is 40.2 Å². The molecule has 0 unspecified atom stereocenters. The molecule has 3 nitrogen and oxygen atoms in total. The third-order valence-corrected chi connectivity index (χ3v) is 0.655. The van der Waals surface area contributed by atoms with Crippen LogP contribution in [-0.2, 0) is 0 Å². The van der Waals surface area contributed by atoms with Gasteiger partial charge in [0.15, 0.2) is 11.8 Å². The van der Waals surface area contributed by atoms with E-state index in [2.05, 4.69) is 4.98 Å². The third kappa shape index (κ3) is 0.652. The second-order valence-electron chi connectivity index (χ2n) is 1.23. The molecule has 1 aromatic heterocycles. The highest BCUT2D eigenvalue weighted by Gasteiger charge is 1.87. The van der Waals surface area contributed by atoms with Crippen LogP contribution in [0.4, 0.5) is 0 Å². The monoisotopic (exact) mass is 99.0 g/mol. The fourth-order valence-electron chi connectivity index (χ4n) is 0.372. The minimum atomic E-state index is -0.0162. The van der Waals surface area contributed by atoms with Gasteiger partial charge in [0.1, 0.15) is 0 Å². The molecule has 3 N–H and O–H groups in total. The highest BCUT2D eigenvalue weighted by molar-refractivity contribution is 5.19. The van der Waals surface area contributed by atoms with Gasteiger partial charge in [-0.25, -0.2) is 0 Å². The zero-order chi connectivity index (χ0) is 5.28. The zero-order valence-corrected chi connectivity index (χ0v) is 3.55. The smallest absolute Gasteiger partial charge is 0.191 e. The molecule has 0 aliphatic heterocycles. The Balaban J connectivity index is 3.04. The van der Waals surface area contributed by atoms with Crippen molar-refractivity contribution in [2.45, 2.75) is 0 Å². The van der Waals surface area contributed by atoms with Crippen LogP contribution in [0.5, 0.6) is 11.8 Å². The van der Waals surface area contributed by atoms with E-state index in [1.54, 1.807) is 0 Å². The third-order valence-electron chi connectivity index (χ3n) is 0.655. The Morgan fingerprint density at radius 1 is 1.14 bits per heavy atom. The SMILES string of the molecule is Oc1ccc(O)[nH]1. The molecule has 0 spiro atoms. The van der Waals surface area contributed by atoms with E-state index in [-0.39, 0.29) is 11.8 Å². The van der Waals surface area contributed by atoms with Gasteiger partial charge < -0.3 is 10.2 Å². The first kappa shape index (κ1) is 4.05. The number of hydrogen-bond donors (Lipinski definition) is 3. The maximum atomic E-state index is 8.44. The second kappa shape index (κ2) is 1.18. The van der Waals surface area contributed by atoms with Crippen LogP contribution in [0.1, 0.15) is 0 Å². The van der Waals surface area contributed by atoms with Crippen molar-refractivity contribution < 1.29 is 10.2 Å². The largest absolute Gasteiger partial charge is 0.495 e. The summed E-state index contributed by atoms with van der Waals surface area (Å²) >= 11 is 0. The van der Waals surface area contributed by atoms with Gasteiger partial charge in [-0.3, -0.25) is 4.98 Å². The maximum absolute atomic E-state index is 8.44. The molecule has 38 valence electrons. The molecule has 0 amide bonds. The highest BCUT2D eigenvalue weighted by atomic mass is 16.3. The lowest BCUT2D eigenvalue weighted by molar-refractivity contribution is 0.425. The Morgan fingerprint density at radius 3 is 1.71 bits per heavy atom. The van der Waals surface area contributed by atoms with E-state index in [1.165, 1.54) is 12.1 Å². The summed E-state index contributed by atoms with van der Waals surface area (Å²) in [4.78, 5) is 2.25. The normalized spacial score (nSPS) is 9.14. The van der Waals surface area contributed by atoms with Crippen molar-refractivity contribution >= 4 is 0 Å². The summed E-state index contributed by atoms with van der Waals surface area (Å²) < 4.78 is 0. The molecule has 0 atom stereocenters. The summed E-state index contributed by atoms with van der Waals surface area (Å²) in [5.41, 5.74) is 0. The van der Waals surface area contributed by atoms with Gasteiger partial charge in [-0.2, -0.15) is 0 Å². The van der Waals surface area contributed by atoms with Crippen molar-refractivity contribution in [3.63, 3.8) is 0 Å². The van der Waals surface area contributed by atoms with Crippen molar-refractivity contribution in [3.05, 3.63) is 12.1 Å². The van der Waals surface area contributed by atoms with Crippen LogP contribution < -0.4 is 0 Å². The Hall–Kier alpha value is -1.12. The van der Waals surface area contributed by atoms with Gasteiger partial charge in [0.05, 0.1) is 0 Å². The van der Waals surface area contributed by atoms with E-state index < -0.39 is 0 Å². The van der Waals surface area contributed by atoms with Gasteiger partial charge in [0.2, 0.25) is 0 Å². The predicted octanol–water partition coefficient (Wildman–Crippen LogP) is 0.426. The molecule has 0 fully saturated rings. The lowest BCUT2D eigenvalue weighted by Crippen LogP contribution is -1.57. The minimum absolute atomic E-state index is 0.0162. The first-order valence-corrected chi connectivity index (χ1v) is 1.86. The summed E-state index contributed by atoms with van der Waals surface area (Å²) in [6, 6.07) is 2.74. The van der Waals surface area contributed by atoms with Crippen molar-refractivity contribution in [3.8, 4) is 11.8 Å². The summed E-state index contributed by atoms with van der Waals surface area (Å²) in [6.07, 6.45) is 0. The summed E-state index contributed by atoms with van der Waals surface area (Å²) in [7, 11) is 0. The van der Waals surface area contributed by atoms with Crippen LogP contribution >= 0.6 is 0 Å². The lowest BCUT2D eigenvalue weighted by atomic mass is 10.6. The number of aromatic nitrogens is 1. The van der Waals surface area contributed by atoms with Crippen LogP contribution in [0.3, 0.4) is 0 Å². The molecule has 0 saturated heterocycles. The van der Waals surface area contributed by atoms with Gasteiger partial charge in [0, 0.05) is 12.1 Å². The minimum Gasteiger partial charge on any atom is -0.495 e. The molecular weight excluding hydrogens is 94.0 g/mol. The highest BCUT2D eigenvalue weighted by Crippen LogP contribution is 2.11. The number of rotatable bonds is 0. The summed E-state index contributed by atoms with van der Waals surface area (Å²) in [6.45, 7) is 0. The van der Waals surface area contributed by atoms with Gasteiger partial charge in [0.25, 0.3) is 0 Å². The van der Waals surface area contributed by atoms with Crippen LogP contribution in [0.2, 0.25) is 0 Å². The fraction of sp³-hybridized carbons (Fsp3) is 0. The van der Waals surface area contributed by atoms with E-state index in [9.17, 15) is 0 Å². The van der Waals surface area contributed by atoms with Gasteiger partial charge in [-0.15, -0.1) is 0 Å². The Kier molecular flexibility index (Phi) is 0.685. The molecule has 0 bridgehead atoms. The van der Waals surface area contributed by atoms with Crippen molar-refractivity contribution in [2.24, 2.45) is 0 Å². The van der Waals surface area contributed by atoms with E-state index >= 15 is 0 Å². The van der Waals surface area contributed by atoms with Gasteiger partial charge in [-0.1, -0.05) is 0 Å². The van der Waals surface area contributed by atoms with Crippen LogP contribution in [0.15, 0.2) is 12.1 Å². The molecule has 3 heteroatoms. The zero-order valence-electron chi connectivity index (χ0n) is 3.55. The van der Waals surface area contributed by atoms with E-state index in [0.29, 0.717) is 0 Å². The molecule has 0 saturated carbocycles. The topological polar surface area (TPSA) is 56.2 Å².